The molecule has 0 N–H and O–H groups in total. The van der Waals surface area contributed by atoms with E-state index in [0.29, 0.717) is 10.8 Å². The minimum Gasteiger partial charge on any atom is -0.0622 e. The molecule has 0 radical (unpaired) electrons. The lowest BCUT2D eigenvalue weighted by molar-refractivity contribution is 0.221. The summed E-state index contributed by atoms with van der Waals surface area (Å²) in [7, 11) is 0. The molecule has 4 saturated carbocycles. The number of benzene rings is 8. The van der Waals surface area contributed by atoms with Crippen LogP contribution in [-0.2, 0) is 10.8 Å². The van der Waals surface area contributed by atoms with Crippen LogP contribution in [0.2, 0.25) is 0 Å². The van der Waals surface area contributed by atoms with Crippen molar-refractivity contribution in [3.63, 3.8) is 0 Å². The van der Waals surface area contributed by atoms with Gasteiger partial charge in [-0.3, -0.25) is 0 Å². The molecule has 8 aromatic rings. The molecule has 0 aromatic heterocycles. The zero-order chi connectivity index (χ0) is 70.7. The largest absolute Gasteiger partial charge is 0.0622 e. The predicted octanol–water partition coefficient (Wildman–Crippen LogP) is 29.5. The van der Waals surface area contributed by atoms with Gasteiger partial charge >= 0.3 is 0 Å². The van der Waals surface area contributed by atoms with Gasteiger partial charge in [-0.15, -0.1) is 0 Å². The van der Waals surface area contributed by atoms with Gasteiger partial charge in [-0.25, -0.2) is 0 Å². The van der Waals surface area contributed by atoms with Crippen LogP contribution in [0.4, 0.5) is 0 Å². The smallest absolute Gasteiger partial charge is 0.0116 e. The zero-order valence-electron chi connectivity index (χ0n) is 65.8. The van der Waals surface area contributed by atoms with Gasteiger partial charge in [0.2, 0.25) is 0 Å². The monoisotopic (exact) mass is 1300 g/mol. The molecule has 12 rings (SSSR count). The molecule has 4 aliphatic rings. The van der Waals surface area contributed by atoms with Gasteiger partial charge in [-0.05, 0) is 329 Å². The normalized spacial score (nSPS) is 16.9. The van der Waals surface area contributed by atoms with Crippen LogP contribution in [0.1, 0.15) is 314 Å². The topological polar surface area (TPSA) is 0 Å². The highest BCUT2D eigenvalue weighted by atomic mass is 14.4. The zero-order valence-corrected chi connectivity index (χ0v) is 65.8. The van der Waals surface area contributed by atoms with Crippen molar-refractivity contribution < 1.29 is 0 Å². The molecular formula is C97H132. The first-order valence-corrected chi connectivity index (χ1v) is 38.4. The van der Waals surface area contributed by atoms with Crippen molar-refractivity contribution in [1.82, 2.24) is 0 Å². The van der Waals surface area contributed by atoms with Crippen molar-refractivity contribution in [1.29, 1.82) is 0 Å². The van der Waals surface area contributed by atoms with Gasteiger partial charge in [0, 0.05) is 0 Å². The Morgan fingerprint density at radius 2 is 0.577 bits per heavy atom. The molecule has 4 aliphatic carbocycles. The molecule has 0 atom stereocenters. The van der Waals surface area contributed by atoms with Gasteiger partial charge in [-0.2, -0.15) is 0 Å². The summed E-state index contributed by atoms with van der Waals surface area (Å²) in [5.74, 6) is 3.31. The Balaban J connectivity index is 0.000000157. The van der Waals surface area contributed by atoms with E-state index in [1.165, 1.54) is 221 Å². The molecular weight excluding hydrogens is 1170 g/mol. The highest BCUT2D eigenvalue weighted by Gasteiger charge is 2.33. The predicted molar refractivity (Wildman–Crippen MR) is 429 cm³/mol. The summed E-state index contributed by atoms with van der Waals surface area (Å²) in [4.78, 5) is 0. The third-order valence-electron chi connectivity index (χ3n) is 23.7. The third kappa shape index (κ3) is 20.0. The standard InChI is InChI=1S/C24H38.C22H22.C20H30.C16H26.C15H16/c1-17-15-21(19-7-11-23(3,4)12-8-19)18(2)22(16-17)20-9-13-24(5,6)14-10-20;1-15-16(2)21(19-11-7-5-8-12-19)18(4)22(17(15)3)20-13-9-6-10-14-20;1-15-13-19(17-9-5-3-6-10-17)16(2)20(14-15)18-11-7-4-8-12-18;1-11-9-13(15(3,4)5)12(2)14(10-11)16(6,7)8;1-11-9-12(2)13(3)15(10-11)14-7-5-4-6-8-14/h15-16,19-20H,7-14H2,1-6H3;5-14H,1-4H3;13-14,17-18H,3-12H2,1-2H3;9-10H,1-8H3;4-10H,1-3H3. The average Bonchev–Trinajstić information content (AvgIpc) is 0.754. The lowest BCUT2D eigenvalue weighted by Crippen LogP contribution is -2.22. The van der Waals surface area contributed by atoms with Crippen molar-refractivity contribution in [3.05, 3.63) is 245 Å². The number of aryl methyl sites for hydroxylation is 5. The van der Waals surface area contributed by atoms with Crippen LogP contribution in [-0.4, -0.2) is 0 Å². The van der Waals surface area contributed by atoms with Crippen LogP contribution in [0, 0.1) is 101 Å². The summed E-state index contributed by atoms with van der Waals surface area (Å²) in [6.45, 7) is 52.9. The second-order valence-electron chi connectivity index (χ2n) is 34.8. The Morgan fingerprint density at radius 1 is 0.278 bits per heavy atom. The van der Waals surface area contributed by atoms with Gasteiger partial charge < -0.3 is 0 Å². The Hall–Kier alpha value is -6.24. The fourth-order valence-electron chi connectivity index (χ4n) is 17.6. The highest BCUT2D eigenvalue weighted by Crippen LogP contribution is 2.49. The van der Waals surface area contributed by atoms with Crippen LogP contribution in [0.25, 0.3) is 33.4 Å². The Morgan fingerprint density at radius 3 is 0.907 bits per heavy atom. The maximum absolute atomic E-state index is 2.51. The van der Waals surface area contributed by atoms with Gasteiger partial charge in [0.25, 0.3) is 0 Å². The number of hydrogen-bond acceptors (Lipinski definition) is 0. The van der Waals surface area contributed by atoms with Crippen LogP contribution >= 0.6 is 0 Å². The SMILES string of the molecule is Cc1c(C)c(-c2ccccc2)c(C)c(-c2ccccc2)c1C.Cc1cc(C(C)(C)C)c(C)c(C(C)(C)C)c1.Cc1cc(C)c(C)c(-c2ccccc2)c1.Cc1cc(C2CCC(C)(C)CC2)c(C)c(C2CCC(C)(C)CC2)c1.Cc1cc(C2CCCCC2)c(C)c(C2CCCCC2)c1. The van der Waals surface area contributed by atoms with Crippen molar-refractivity contribution in [2.75, 3.05) is 0 Å². The Bertz CT molecular complexity index is 3640. The lowest BCUT2D eigenvalue weighted by Gasteiger charge is -2.37. The minimum atomic E-state index is 0.232. The van der Waals surface area contributed by atoms with E-state index in [0.717, 1.165) is 23.7 Å². The van der Waals surface area contributed by atoms with Crippen LogP contribution in [0.15, 0.2) is 140 Å². The first-order valence-electron chi connectivity index (χ1n) is 38.4. The molecule has 0 nitrogen and oxygen atoms in total. The first kappa shape index (κ1) is 76.5. The lowest BCUT2D eigenvalue weighted by atomic mass is 9.68. The maximum atomic E-state index is 2.51. The van der Waals surface area contributed by atoms with Crippen LogP contribution < -0.4 is 0 Å². The van der Waals surface area contributed by atoms with Crippen molar-refractivity contribution in [3.8, 4) is 33.4 Å². The highest BCUT2D eigenvalue weighted by molar-refractivity contribution is 5.84. The molecule has 0 amide bonds. The first-order chi connectivity index (χ1) is 45.7. The summed E-state index contributed by atoms with van der Waals surface area (Å²) < 4.78 is 0. The summed E-state index contributed by atoms with van der Waals surface area (Å²) in [5.41, 5.74) is 38.1. The van der Waals surface area contributed by atoms with E-state index in [1.807, 2.05) is 0 Å². The molecule has 0 heterocycles. The van der Waals surface area contributed by atoms with E-state index in [-0.39, 0.29) is 10.8 Å². The van der Waals surface area contributed by atoms with E-state index in [1.54, 1.807) is 33.4 Å². The van der Waals surface area contributed by atoms with Crippen molar-refractivity contribution >= 4 is 0 Å². The molecule has 4 fully saturated rings. The average molecular weight is 1300 g/mol. The summed E-state index contributed by atoms with van der Waals surface area (Å²) in [6.07, 6.45) is 25.5. The van der Waals surface area contributed by atoms with E-state index >= 15 is 0 Å². The third-order valence-corrected chi connectivity index (χ3v) is 23.7. The fraction of sp³-hybridized carbons (Fsp3) is 0.505. The molecule has 0 spiro atoms. The molecule has 0 heteroatoms. The Kier molecular flexibility index (Phi) is 26.3. The van der Waals surface area contributed by atoms with Crippen LogP contribution in [0.5, 0.6) is 0 Å². The maximum Gasteiger partial charge on any atom is -0.0116 e. The second-order valence-corrected chi connectivity index (χ2v) is 34.8. The summed E-state index contributed by atoms with van der Waals surface area (Å²) >= 11 is 0. The van der Waals surface area contributed by atoms with E-state index in [2.05, 4.69) is 299 Å². The summed E-state index contributed by atoms with van der Waals surface area (Å²) in [5, 5.41) is 0. The molecule has 8 aromatic carbocycles. The quantitative estimate of drug-likeness (QED) is 0.149. The van der Waals surface area contributed by atoms with Gasteiger partial charge in [0.15, 0.2) is 0 Å². The van der Waals surface area contributed by atoms with Gasteiger partial charge in [-0.1, -0.05) is 270 Å². The van der Waals surface area contributed by atoms with Crippen molar-refractivity contribution in [2.24, 2.45) is 10.8 Å². The minimum absolute atomic E-state index is 0.232. The fourth-order valence-corrected chi connectivity index (χ4v) is 17.6. The number of hydrogen-bond donors (Lipinski definition) is 0. The Labute approximate surface area is 595 Å². The van der Waals surface area contributed by atoms with Crippen LogP contribution in [0.3, 0.4) is 0 Å². The van der Waals surface area contributed by atoms with Crippen molar-refractivity contribution in [2.45, 2.75) is 309 Å². The van der Waals surface area contributed by atoms with Gasteiger partial charge in [0.1, 0.15) is 0 Å². The van der Waals surface area contributed by atoms with E-state index in [4.69, 9.17) is 0 Å². The van der Waals surface area contributed by atoms with E-state index in [9.17, 15) is 0 Å². The molecule has 520 valence electrons. The molecule has 97 heavy (non-hydrogen) atoms. The molecule has 0 saturated heterocycles. The van der Waals surface area contributed by atoms with Gasteiger partial charge in [0.05, 0.1) is 0 Å². The molecule has 0 bridgehead atoms. The second kappa shape index (κ2) is 33.3. The molecule has 0 aliphatic heterocycles. The van der Waals surface area contributed by atoms with E-state index < -0.39 is 0 Å². The molecule has 0 unspecified atom stereocenters. The number of rotatable bonds is 7. The summed E-state index contributed by atoms with van der Waals surface area (Å²) in [6, 6.07) is 51.2.